The zero-order valence-electron chi connectivity index (χ0n) is 10.7. The largest absolute Gasteiger partial charge is 0.497 e. The second kappa shape index (κ2) is 5.07. The maximum atomic E-state index is 5.77. The van der Waals surface area contributed by atoms with Crippen molar-refractivity contribution < 1.29 is 14.2 Å². The molecule has 1 aliphatic rings. The predicted molar refractivity (Wildman–Crippen MR) is 66.2 cm³/mol. The molecule has 1 fully saturated rings. The smallest absolute Gasteiger partial charge is 0.166 e. The fourth-order valence-electron chi connectivity index (χ4n) is 2.08. The van der Waals surface area contributed by atoms with Gasteiger partial charge in [-0.25, -0.2) is 0 Å². The van der Waals surface area contributed by atoms with E-state index in [-0.39, 0.29) is 6.10 Å². The first kappa shape index (κ1) is 12.4. The van der Waals surface area contributed by atoms with Gasteiger partial charge in [0.1, 0.15) is 5.75 Å². The Morgan fingerprint density at radius 3 is 2.59 bits per heavy atom. The molecule has 0 unspecified atom stereocenters. The molecule has 0 N–H and O–H groups in total. The minimum atomic E-state index is -0.417. The summed E-state index contributed by atoms with van der Waals surface area (Å²) >= 11 is 0. The van der Waals surface area contributed by atoms with Crippen LogP contribution in [0.2, 0.25) is 0 Å². The van der Waals surface area contributed by atoms with Gasteiger partial charge in [-0.3, -0.25) is 0 Å². The lowest BCUT2D eigenvalue weighted by Crippen LogP contribution is -2.26. The van der Waals surface area contributed by atoms with Gasteiger partial charge in [0.05, 0.1) is 19.8 Å². The second-order valence-corrected chi connectivity index (χ2v) is 4.72. The summed E-state index contributed by atoms with van der Waals surface area (Å²) in [4.78, 5) is 0. The van der Waals surface area contributed by atoms with E-state index in [2.05, 4.69) is 12.1 Å². The Morgan fingerprint density at radius 1 is 1.35 bits per heavy atom. The summed E-state index contributed by atoms with van der Waals surface area (Å²) in [7, 11) is 1.68. The Morgan fingerprint density at radius 2 is 2.06 bits per heavy atom. The van der Waals surface area contributed by atoms with Crippen LogP contribution < -0.4 is 4.74 Å². The molecule has 1 aromatic carbocycles. The van der Waals surface area contributed by atoms with Gasteiger partial charge in [-0.2, -0.15) is 0 Å². The highest BCUT2D eigenvalue weighted by Gasteiger charge is 2.34. The van der Waals surface area contributed by atoms with Crippen molar-refractivity contribution in [2.45, 2.75) is 38.6 Å². The number of rotatable bonds is 4. The van der Waals surface area contributed by atoms with Crippen LogP contribution in [0.15, 0.2) is 24.3 Å². The fourth-order valence-corrected chi connectivity index (χ4v) is 2.08. The molecule has 0 spiro atoms. The van der Waals surface area contributed by atoms with Crippen molar-refractivity contribution in [3.63, 3.8) is 0 Å². The van der Waals surface area contributed by atoms with E-state index in [1.54, 1.807) is 7.11 Å². The molecule has 17 heavy (non-hydrogen) atoms. The molecule has 1 aromatic rings. The molecule has 0 radical (unpaired) electrons. The van der Waals surface area contributed by atoms with Crippen molar-refractivity contribution in [3.8, 4) is 5.75 Å². The second-order valence-electron chi connectivity index (χ2n) is 4.72. The van der Waals surface area contributed by atoms with Gasteiger partial charge in [-0.15, -0.1) is 0 Å². The molecule has 0 saturated carbocycles. The monoisotopic (exact) mass is 236 g/mol. The molecule has 0 bridgehead atoms. The summed E-state index contributed by atoms with van der Waals surface area (Å²) in [6.07, 6.45) is 2.03. The summed E-state index contributed by atoms with van der Waals surface area (Å²) in [6, 6.07) is 8.13. The van der Waals surface area contributed by atoms with Gasteiger partial charge in [0, 0.05) is 6.42 Å². The molecule has 3 nitrogen and oxygen atoms in total. The Kier molecular flexibility index (Phi) is 3.69. The average molecular weight is 236 g/mol. The van der Waals surface area contributed by atoms with Gasteiger partial charge in [0.25, 0.3) is 0 Å². The van der Waals surface area contributed by atoms with Crippen LogP contribution in [-0.4, -0.2) is 25.6 Å². The number of ether oxygens (including phenoxy) is 3. The number of hydrogen-bond donors (Lipinski definition) is 0. The van der Waals surface area contributed by atoms with Crippen LogP contribution in [-0.2, 0) is 15.9 Å². The molecule has 2 atom stereocenters. The van der Waals surface area contributed by atoms with Crippen LogP contribution >= 0.6 is 0 Å². The fraction of sp³-hybridized carbons (Fsp3) is 0.571. The average Bonchev–Trinajstić information content (AvgIpc) is 2.68. The summed E-state index contributed by atoms with van der Waals surface area (Å²) in [6.45, 7) is 4.75. The molecule has 0 amide bonds. The van der Waals surface area contributed by atoms with Crippen LogP contribution in [0, 0.1) is 0 Å². The summed E-state index contributed by atoms with van der Waals surface area (Å²) < 4.78 is 16.6. The maximum Gasteiger partial charge on any atom is 0.166 e. The highest BCUT2D eigenvalue weighted by atomic mass is 16.7. The summed E-state index contributed by atoms with van der Waals surface area (Å²) in [5, 5.41) is 0. The number of methoxy groups -OCH3 is 1. The SMILES string of the molecule is COc1ccc(CC[C@@]2(C)OC[C@H](C)O2)cc1. The molecule has 1 aliphatic heterocycles. The minimum Gasteiger partial charge on any atom is -0.497 e. The van der Waals surface area contributed by atoms with Crippen molar-refractivity contribution in [2.75, 3.05) is 13.7 Å². The van der Waals surface area contributed by atoms with E-state index < -0.39 is 5.79 Å². The van der Waals surface area contributed by atoms with Gasteiger partial charge < -0.3 is 14.2 Å². The molecule has 1 saturated heterocycles. The Bertz CT molecular complexity index is 360. The predicted octanol–water partition coefficient (Wildman–Crippen LogP) is 2.78. The zero-order valence-corrected chi connectivity index (χ0v) is 10.7. The van der Waals surface area contributed by atoms with E-state index in [0.717, 1.165) is 18.6 Å². The molecular weight excluding hydrogens is 216 g/mol. The maximum absolute atomic E-state index is 5.77. The van der Waals surface area contributed by atoms with Crippen molar-refractivity contribution in [1.82, 2.24) is 0 Å². The van der Waals surface area contributed by atoms with E-state index in [1.807, 2.05) is 26.0 Å². The van der Waals surface area contributed by atoms with E-state index in [9.17, 15) is 0 Å². The highest BCUT2D eigenvalue weighted by Crippen LogP contribution is 2.28. The normalized spacial score (nSPS) is 28.3. The number of hydrogen-bond acceptors (Lipinski definition) is 3. The quantitative estimate of drug-likeness (QED) is 0.804. The van der Waals surface area contributed by atoms with Gasteiger partial charge >= 0.3 is 0 Å². The van der Waals surface area contributed by atoms with Crippen LogP contribution in [0.1, 0.15) is 25.8 Å². The molecular formula is C14H20O3. The molecule has 1 heterocycles. The Labute approximate surface area is 103 Å². The van der Waals surface area contributed by atoms with Crippen LogP contribution in [0.5, 0.6) is 5.75 Å². The summed E-state index contributed by atoms with van der Waals surface area (Å²) in [5.41, 5.74) is 1.28. The van der Waals surface area contributed by atoms with E-state index >= 15 is 0 Å². The topological polar surface area (TPSA) is 27.7 Å². The van der Waals surface area contributed by atoms with E-state index in [0.29, 0.717) is 6.61 Å². The first-order valence-corrected chi connectivity index (χ1v) is 6.06. The van der Waals surface area contributed by atoms with Crippen molar-refractivity contribution >= 4 is 0 Å². The van der Waals surface area contributed by atoms with Gasteiger partial charge in [0.2, 0.25) is 0 Å². The lowest BCUT2D eigenvalue weighted by atomic mass is 10.1. The summed E-state index contributed by atoms with van der Waals surface area (Å²) in [5.74, 6) is 0.473. The zero-order chi connectivity index (χ0) is 12.3. The first-order chi connectivity index (χ1) is 8.11. The van der Waals surface area contributed by atoms with Crippen molar-refractivity contribution in [2.24, 2.45) is 0 Å². The third kappa shape index (κ3) is 3.20. The number of aryl methyl sites for hydroxylation is 1. The van der Waals surface area contributed by atoms with E-state index in [1.165, 1.54) is 5.56 Å². The van der Waals surface area contributed by atoms with Gasteiger partial charge in [-0.05, 0) is 38.0 Å². The lowest BCUT2D eigenvalue weighted by Gasteiger charge is -2.22. The Hall–Kier alpha value is -1.06. The van der Waals surface area contributed by atoms with Crippen LogP contribution in [0.4, 0.5) is 0 Å². The van der Waals surface area contributed by atoms with Gasteiger partial charge in [-0.1, -0.05) is 12.1 Å². The molecule has 2 rings (SSSR count). The standard InChI is InChI=1S/C14H20O3/c1-11-10-16-14(2,17-11)9-8-12-4-6-13(15-3)7-5-12/h4-7,11H,8-10H2,1-3H3/t11-,14-/m0/s1. The van der Waals surface area contributed by atoms with Gasteiger partial charge in [0.15, 0.2) is 5.79 Å². The molecule has 3 heteroatoms. The molecule has 94 valence electrons. The molecule has 0 aliphatic carbocycles. The third-order valence-electron chi connectivity index (χ3n) is 3.10. The Balaban J connectivity index is 1.89. The lowest BCUT2D eigenvalue weighted by molar-refractivity contribution is -0.155. The van der Waals surface area contributed by atoms with Crippen molar-refractivity contribution in [3.05, 3.63) is 29.8 Å². The molecule has 0 aromatic heterocycles. The minimum absolute atomic E-state index is 0.205. The van der Waals surface area contributed by atoms with Crippen LogP contribution in [0.25, 0.3) is 0 Å². The highest BCUT2D eigenvalue weighted by molar-refractivity contribution is 5.27. The van der Waals surface area contributed by atoms with E-state index in [4.69, 9.17) is 14.2 Å². The first-order valence-electron chi connectivity index (χ1n) is 6.06. The van der Waals surface area contributed by atoms with Crippen LogP contribution in [0.3, 0.4) is 0 Å². The number of benzene rings is 1. The third-order valence-corrected chi connectivity index (χ3v) is 3.10. The van der Waals surface area contributed by atoms with Crippen molar-refractivity contribution in [1.29, 1.82) is 0 Å².